The van der Waals surface area contributed by atoms with Gasteiger partial charge in [0.15, 0.2) is 11.5 Å². The molecule has 0 bridgehead atoms. The molecule has 0 radical (unpaired) electrons. The number of aromatic hydroxyl groups is 1. The van der Waals surface area contributed by atoms with Crippen LogP contribution in [0.3, 0.4) is 0 Å². The standard InChI is InChI=1S/C17H11N3O3S2/c21-14-13(19-15(20-17(14)23)11-6-3-7-24-11)16(22)18-12-8-9-4-1-2-5-10(9)25-12/h1-8,21H,(H,18,22)(H,19,20,23). The van der Waals surface area contributed by atoms with Crippen molar-refractivity contribution in [2.45, 2.75) is 0 Å². The molecule has 6 nitrogen and oxygen atoms in total. The van der Waals surface area contributed by atoms with Crippen LogP contribution in [-0.4, -0.2) is 21.0 Å². The van der Waals surface area contributed by atoms with E-state index in [-0.39, 0.29) is 11.5 Å². The molecule has 25 heavy (non-hydrogen) atoms. The molecule has 0 saturated carbocycles. The highest BCUT2D eigenvalue weighted by Crippen LogP contribution is 2.30. The van der Waals surface area contributed by atoms with Crippen molar-refractivity contribution in [3.63, 3.8) is 0 Å². The Labute approximate surface area is 149 Å². The first kappa shape index (κ1) is 15.6. The molecular weight excluding hydrogens is 358 g/mol. The zero-order chi connectivity index (χ0) is 17.4. The minimum Gasteiger partial charge on any atom is -0.501 e. The van der Waals surface area contributed by atoms with Crippen molar-refractivity contribution >= 4 is 43.7 Å². The second kappa shape index (κ2) is 6.15. The number of rotatable bonds is 3. The maximum Gasteiger partial charge on any atom is 0.294 e. The smallest absolute Gasteiger partial charge is 0.294 e. The van der Waals surface area contributed by atoms with Crippen molar-refractivity contribution in [1.82, 2.24) is 9.97 Å². The van der Waals surface area contributed by atoms with E-state index in [1.165, 1.54) is 22.7 Å². The fourth-order valence-corrected chi connectivity index (χ4v) is 4.00. The number of benzene rings is 1. The average Bonchev–Trinajstić information content (AvgIpc) is 3.25. The molecule has 0 unspecified atom stereocenters. The summed E-state index contributed by atoms with van der Waals surface area (Å²) in [5.74, 6) is -1.08. The van der Waals surface area contributed by atoms with E-state index in [4.69, 9.17) is 0 Å². The van der Waals surface area contributed by atoms with Gasteiger partial charge in [-0.15, -0.1) is 22.7 Å². The summed E-state index contributed by atoms with van der Waals surface area (Å²) >= 11 is 2.78. The fourth-order valence-electron chi connectivity index (χ4n) is 2.37. The number of thiophene rings is 2. The van der Waals surface area contributed by atoms with Gasteiger partial charge in [-0.2, -0.15) is 0 Å². The van der Waals surface area contributed by atoms with Crippen LogP contribution in [0.15, 0.2) is 52.6 Å². The van der Waals surface area contributed by atoms with Crippen molar-refractivity contribution in [3.05, 3.63) is 63.9 Å². The molecule has 1 aromatic carbocycles. The van der Waals surface area contributed by atoms with Gasteiger partial charge in [0, 0.05) is 4.70 Å². The summed E-state index contributed by atoms with van der Waals surface area (Å²) in [4.78, 5) is 31.7. The first-order chi connectivity index (χ1) is 12.1. The van der Waals surface area contributed by atoms with Crippen LogP contribution in [0.25, 0.3) is 20.8 Å². The van der Waals surface area contributed by atoms with Gasteiger partial charge in [-0.05, 0) is 29.0 Å². The number of fused-ring (bicyclic) bond motifs is 1. The normalized spacial score (nSPS) is 10.9. The lowest BCUT2D eigenvalue weighted by Crippen LogP contribution is -2.19. The van der Waals surface area contributed by atoms with Crippen LogP contribution in [0.4, 0.5) is 5.00 Å². The molecule has 0 atom stereocenters. The Hall–Kier alpha value is -2.97. The van der Waals surface area contributed by atoms with Gasteiger partial charge in [-0.25, -0.2) is 4.98 Å². The van der Waals surface area contributed by atoms with Crippen LogP contribution in [0.5, 0.6) is 5.75 Å². The first-order valence-electron chi connectivity index (χ1n) is 7.29. The summed E-state index contributed by atoms with van der Waals surface area (Å²) in [5.41, 5.74) is -1.05. The number of H-pyrrole nitrogens is 1. The number of aromatic nitrogens is 2. The van der Waals surface area contributed by atoms with Crippen LogP contribution in [-0.2, 0) is 0 Å². The Kier molecular flexibility index (Phi) is 3.83. The van der Waals surface area contributed by atoms with Gasteiger partial charge in [0.25, 0.3) is 11.5 Å². The number of hydrogen-bond acceptors (Lipinski definition) is 6. The van der Waals surface area contributed by atoms with Crippen LogP contribution in [0.2, 0.25) is 0 Å². The SMILES string of the molecule is O=C(Nc1cc2ccccc2s1)c1nc(-c2cccs2)[nH]c(=O)c1O. The molecule has 124 valence electrons. The number of anilines is 1. The van der Waals surface area contributed by atoms with Gasteiger partial charge in [0.2, 0.25) is 5.75 Å². The lowest BCUT2D eigenvalue weighted by Gasteiger charge is -2.05. The minimum atomic E-state index is -0.750. The zero-order valence-corrected chi connectivity index (χ0v) is 14.3. The lowest BCUT2D eigenvalue weighted by molar-refractivity contribution is 0.101. The largest absolute Gasteiger partial charge is 0.501 e. The van der Waals surface area contributed by atoms with Gasteiger partial charge in [0.1, 0.15) is 0 Å². The molecule has 4 rings (SSSR count). The lowest BCUT2D eigenvalue weighted by atomic mass is 10.3. The average molecular weight is 369 g/mol. The molecule has 3 aromatic heterocycles. The number of hydrogen-bond donors (Lipinski definition) is 3. The summed E-state index contributed by atoms with van der Waals surface area (Å²) in [6.07, 6.45) is 0. The fraction of sp³-hybridized carbons (Fsp3) is 0. The van der Waals surface area contributed by atoms with Gasteiger partial charge < -0.3 is 15.4 Å². The molecule has 8 heteroatoms. The van der Waals surface area contributed by atoms with E-state index < -0.39 is 17.2 Å². The van der Waals surface area contributed by atoms with E-state index in [0.717, 1.165) is 10.1 Å². The molecule has 0 spiro atoms. The minimum absolute atomic E-state index is 0.249. The topological polar surface area (TPSA) is 95.1 Å². The molecule has 1 amide bonds. The van der Waals surface area contributed by atoms with Gasteiger partial charge in [-0.1, -0.05) is 24.3 Å². The molecular formula is C17H11N3O3S2. The Bertz CT molecular complexity index is 1100. The summed E-state index contributed by atoms with van der Waals surface area (Å²) in [7, 11) is 0. The molecule has 0 aliphatic carbocycles. The summed E-state index contributed by atoms with van der Waals surface area (Å²) in [6, 6.07) is 13.1. The number of aromatic amines is 1. The van der Waals surface area contributed by atoms with Gasteiger partial charge in [0.05, 0.1) is 9.88 Å². The van der Waals surface area contributed by atoms with Crippen molar-refractivity contribution in [3.8, 4) is 16.5 Å². The zero-order valence-electron chi connectivity index (χ0n) is 12.6. The Balaban J connectivity index is 1.70. The van der Waals surface area contributed by atoms with Crippen molar-refractivity contribution in [2.24, 2.45) is 0 Å². The highest BCUT2D eigenvalue weighted by molar-refractivity contribution is 7.23. The van der Waals surface area contributed by atoms with Crippen molar-refractivity contribution < 1.29 is 9.90 Å². The van der Waals surface area contributed by atoms with Crippen LogP contribution < -0.4 is 10.9 Å². The van der Waals surface area contributed by atoms with Gasteiger partial charge in [-0.3, -0.25) is 9.59 Å². The molecule has 0 fully saturated rings. The number of nitrogens with zero attached hydrogens (tertiary/aromatic N) is 1. The van der Waals surface area contributed by atoms with E-state index in [0.29, 0.717) is 9.88 Å². The number of nitrogens with one attached hydrogen (secondary N) is 2. The maximum absolute atomic E-state index is 12.5. The summed E-state index contributed by atoms with van der Waals surface area (Å²) in [5, 5.41) is 16.1. The number of carbonyl (C=O) groups excluding carboxylic acids is 1. The number of amides is 1. The highest BCUT2D eigenvalue weighted by Gasteiger charge is 2.19. The highest BCUT2D eigenvalue weighted by atomic mass is 32.1. The van der Waals surface area contributed by atoms with Crippen molar-refractivity contribution in [1.29, 1.82) is 0 Å². The predicted octanol–water partition coefficient (Wildman–Crippen LogP) is 3.67. The predicted molar refractivity (Wildman–Crippen MR) is 99.6 cm³/mol. The van der Waals surface area contributed by atoms with Crippen LogP contribution in [0.1, 0.15) is 10.5 Å². The van der Waals surface area contributed by atoms with E-state index in [2.05, 4.69) is 15.3 Å². The van der Waals surface area contributed by atoms with Crippen LogP contribution >= 0.6 is 22.7 Å². The monoisotopic (exact) mass is 369 g/mol. The van der Waals surface area contributed by atoms with Crippen molar-refractivity contribution in [2.75, 3.05) is 5.32 Å². The molecule has 3 N–H and O–H groups in total. The second-order valence-corrected chi connectivity index (χ2v) is 7.22. The molecule has 0 saturated heterocycles. The number of carbonyl (C=O) groups is 1. The van der Waals surface area contributed by atoms with E-state index >= 15 is 0 Å². The first-order valence-corrected chi connectivity index (χ1v) is 8.98. The van der Waals surface area contributed by atoms with Gasteiger partial charge >= 0.3 is 0 Å². The second-order valence-electron chi connectivity index (χ2n) is 5.19. The van der Waals surface area contributed by atoms with Crippen LogP contribution in [0, 0.1) is 0 Å². The maximum atomic E-state index is 12.5. The third-order valence-electron chi connectivity index (χ3n) is 3.53. The summed E-state index contributed by atoms with van der Waals surface area (Å²) in [6.45, 7) is 0. The Morgan fingerprint density at radius 1 is 1.20 bits per heavy atom. The molecule has 0 aliphatic heterocycles. The third-order valence-corrected chi connectivity index (χ3v) is 5.43. The van der Waals surface area contributed by atoms with E-state index in [9.17, 15) is 14.7 Å². The molecule has 0 aliphatic rings. The quantitative estimate of drug-likeness (QED) is 0.513. The van der Waals surface area contributed by atoms with E-state index in [1.54, 1.807) is 6.07 Å². The Morgan fingerprint density at radius 2 is 2.04 bits per heavy atom. The Morgan fingerprint density at radius 3 is 2.80 bits per heavy atom. The third kappa shape index (κ3) is 2.92. The molecule has 3 heterocycles. The molecule has 4 aromatic rings. The summed E-state index contributed by atoms with van der Waals surface area (Å²) < 4.78 is 1.03. The van der Waals surface area contributed by atoms with E-state index in [1.807, 2.05) is 41.8 Å².